The minimum absolute atomic E-state index is 0.00323. The Morgan fingerprint density at radius 2 is 1.35 bits per heavy atom. The van der Waals surface area contributed by atoms with E-state index in [-0.39, 0.29) is 33.8 Å². The Morgan fingerprint density at radius 3 is 1.96 bits per heavy atom. The summed E-state index contributed by atoms with van der Waals surface area (Å²) in [4.78, 5) is 16.9. The number of hydroxylamine groups is 1. The van der Waals surface area contributed by atoms with Gasteiger partial charge in [-0.2, -0.15) is 21.4 Å². The van der Waals surface area contributed by atoms with Gasteiger partial charge < -0.3 is 28.8 Å². The van der Waals surface area contributed by atoms with E-state index in [1.165, 1.54) is 48.5 Å². The number of amides is 1. The van der Waals surface area contributed by atoms with Crippen LogP contribution in [0.15, 0.2) is 110 Å². The van der Waals surface area contributed by atoms with E-state index >= 15 is 0 Å². The lowest BCUT2D eigenvalue weighted by molar-refractivity contribution is -0.402. The third-order valence-corrected chi connectivity index (χ3v) is 15.5. The van der Waals surface area contributed by atoms with Crippen molar-refractivity contribution in [2.45, 2.75) is 106 Å². The molecule has 0 unspecified atom stereocenters. The first-order chi connectivity index (χ1) is 33.8. The van der Waals surface area contributed by atoms with Gasteiger partial charge in [0.25, 0.3) is 20.2 Å². The van der Waals surface area contributed by atoms with Gasteiger partial charge in [-0.3, -0.25) is 18.7 Å². The lowest BCUT2D eigenvalue weighted by atomic mass is 9.80. The summed E-state index contributed by atoms with van der Waals surface area (Å²) in [7, 11) is -10.3. The summed E-state index contributed by atoms with van der Waals surface area (Å²) in [5, 5.41) is 4.25. The fraction of sp³-hybridized carbons (Fsp3) is 0.451. The molecular formula is C51H65N3O15S3. The Bertz CT molecular complexity index is 3050. The van der Waals surface area contributed by atoms with Gasteiger partial charge in [0.2, 0.25) is 11.6 Å². The molecule has 72 heavy (non-hydrogen) atoms. The third kappa shape index (κ3) is 13.2. The molecular weight excluding hydrogens is 991 g/mol. The number of carbonyl (C=O) groups excluding carboxylic acids is 1. The zero-order valence-electron chi connectivity index (χ0n) is 41.9. The molecule has 21 heteroatoms. The molecule has 2 heterocycles. The summed E-state index contributed by atoms with van der Waals surface area (Å²) in [6, 6.07) is 11.0. The monoisotopic (exact) mass is 1060 g/mol. The highest BCUT2D eigenvalue weighted by molar-refractivity contribution is 7.86. The lowest BCUT2D eigenvalue weighted by Gasteiger charge is -2.27. The quantitative estimate of drug-likeness (QED) is 0.0479. The van der Waals surface area contributed by atoms with Crippen molar-refractivity contribution in [3.8, 4) is 5.75 Å². The third-order valence-electron chi connectivity index (χ3n) is 13.0. The van der Waals surface area contributed by atoms with Gasteiger partial charge in [-0.05, 0) is 143 Å². The molecule has 0 bridgehead atoms. The first kappa shape index (κ1) is 56.2. The number of benzene rings is 3. The smallest absolute Gasteiger partial charge is 0.294 e. The van der Waals surface area contributed by atoms with Gasteiger partial charge in [0, 0.05) is 42.7 Å². The number of nitrogens with one attached hydrogen (secondary N) is 1. The molecule has 1 amide bonds. The number of fused-ring (bicyclic) bond motifs is 2. The normalized spacial score (nSPS) is 17.9. The molecule has 18 nitrogen and oxygen atoms in total. The van der Waals surface area contributed by atoms with Gasteiger partial charge in [-0.25, -0.2) is 13.5 Å². The molecule has 3 N–H and O–H groups in total. The van der Waals surface area contributed by atoms with E-state index < -0.39 is 41.2 Å². The number of hydrogen-bond donors (Lipinski definition) is 3. The van der Waals surface area contributed by atoms with E-state index in [0.717, 1.165) is 35.4 Å². The summed E-state index contributed by atoms with van der Waals surface area (Å²) in [5.41, 5.74) is 5.26. The highest BCUT2D eigenvalue weighted by atomic mass is 32.2. The molecule has 392 valence electrons. The highest BCUT2D eigenvalue weighted by Crippen LogP contribution is 2.51. The Hall–Kier alpha value is -5.07. The molecule has 0 radical (unpaired) electrons. The van der Waals surface area contributed by atoms with Crippen LogP contribution < -0.4 is 15.1 Å². The van der Waals surface area contributed by atoms with Crippen molar-refractivity contribution in [3.05, 3.63) is 118 Å². The second kappa shape index (κ2) is 23.0. The number of unbranched alkanes of at least 4 members (excludes halogenated alkanes) is 1. The van der Waals surface area contributed by atoms with Crippen LogP contribution in [-0.4, -0.2) is 115 Å². The Labute approximate surface area is 423 Å². The van der Waals surface area contributed by atoms with Crippen molar-refractivity contribution in [1.82, 2.24) is 5.32 Å². The van der Waals surface area contributed by atoms with Gasteiger partial charge in [0.05, 0.1) is 71.1 Å². The Morgan fingerprint density at radius 1 is 0.750 bits per heavy atom. The number of nitrogens with zero attached hydrogens (tertiary/aromatic N) is 2. The predicted octanol–water partition coefficient (Wildman–Crippen LogP) is 7.29. The average molecular weight is 1060 g/mol. The van der Waals surface area contributed by atoms with Gasteiger partial charge in [-0.1, -0.05) is 19.9 Å². The van der Waals surface area contributed by atoms with Crippen LogP contribution in [0.3, 0.4) is 0 Å². The number of carbonyl (C=O) groups is 1. The molecule has 0 saturated heterocycles. The van der Waals surface area contributed by atoms with Crippen LogP contribution in [0, 0.1) is 13.8 Å². The maximum absolute atomic E-state index is 12.5. The first-order valence-electron chi connectivity index (χ1n) is 23.6. The molecule has 0 spiro atoms. The molecule has 0 aromatic heterocycles. The molecule has 0 atom stereocenters. The molecule has 2 aliphatic heterocycles. The van der Waals surface area contributed by atoms with E-state index in [1.54, 1.807) is 26.0 Å². The standard InChI is InChI=1S/C51H65N3O15S3/c1-34-30-40(71(59,60)61)32-42-47(34)53(8)44(50(42,3)4)21-15-36-12-11-13-37(49(36)69-38-17-19-39(20-18-38)70(56,57)58)16-22-45-51(5,6)43-33-41(72(62,63)64)31-35(2)48(43)54(45)68-29-28-67-27-26-66-25-24-65-23-10-9-14-46(55)52-7/h15-22,30-33H,9-14,23-29H2,1-8H3,(H3-,52,55,56,57,58,59,60,61,62,63,64). The van der Waals surface area contributed by atoms with Crippen molar-refractivity contribution >= 4 is 53.3 Å². The van der Waals surface area contributed by atoms with Crippen molar-refractivity contribution < 1.29 is 72.1 Å². The fourth-order valence-corrected chi connectivity index (χ4v) is 10.9. The van der Waals surface area contributed by atoms with Crippen LogP contribution >= 0.6 is 0 Å². The van der Waals surface area contributed by atoms with Crippen LogP contribution in [0.2, 0.25) is 0 Å². The zero-order valence-corrected chi connectivity index (χ0v) is 44.4. The average Bonchev–Trinajstić information content (AvgIpc) is 3.64. The minimum Gasteiger partial charge on any atom is -0.744 e. The summed E-state index contributed by atoms with van der Waals surface area (Å²) < 4.78 is 131. The number of aryl methyl sites for hydroxylation is 2. The van der Waals surface area contributed by atoms with E-state index in [1.807, 2.05) is 63.6 Å². The van der Waals surface area contributed by atoms with E-state index in [0.29, 0.717) is 104 Å². The lowest BCUT2D eigenvalue weighted by Crippen LogP contribution is -2.28. The molecule has 3 aromatic rings. The van der Waals surface area contributed by atoms with Crippen molar-refractivity contribution in [1.29, 1.82) is 0 Å². The maximum Gasteiger partial charge on any atom is 0.294 e. The van der Waals surface area contributed by atoms with Crippen molar-refractivity contribution in [2.24, 2.45) is 0 Å². The van der Waals surface area contributed by atoms with Crippen molar-refractivity contribution in [2.75, 3.05) is 65.4 Å². The highest BCUT2D eigenvalue weighted by Gasteiger charge is 2.45. The van der Waals surface area contributed by atoms with E-state index in [2.05, 4.69) is 5.32 Å². The molecule has 0 fully saturated rings. The molecule has 3 aliphatic rings. The van der Waals surface area contributed by atoms with Crippen LogP contribution in [0.1, 0.15) is 88.5 Å². The number of allylic oxidation sites excluding steroid dienone is 7. The largest absolute Gasteiger partial charge is 0.744 e. The first-order valence-corrected chi connectivity index (χ1v) is 27.9. The number of rotatable bonds is 23. The molecule has 6 rings (SSSR count). The summed E-state index contributed by atoms with van der Waals surface area (Å²) in [6.07, 6.45) is 11.5. The summed E-state index contributed by atoms with van der Waals surface area (Å²) >= 11 is 0. The SMILES string of the molecule is CNC(=O)CCCCOCCOCCOCCON1/C(=C/C=C2\CCCC(/C=C/C3=[N+](C)c4c(C)cc(S(=O)(=O)[O-])cc4C3(C)C)=C2Oc2ccc(S(=O)(=O)O)cc2)C(C)(C)c2cc(S(=O)(=O)O)cc(C)c21. The van der Waals surface area contributed by atoms with Crippen LogP contribution in [0.4, 0.5) is 11.4 Å². The Balaban J connectivity index is 1.29. The van der Waals surface area contributed by atoms with Gasteiger partial charge in [-0.15, -0.1) is 0 Å². The molecule has 3 aromatic carbocycles. The number of ether oxygens (including phenoxy) is 4. The van der Waals surface area contributed by atoms with Crippen LogP contribution in [0.25, 0.3) is 0 Å². The minimum atomic E-state index is -4.72. The van der Waals surface area contributed by atoms with Crippen LogP contribution in [-0.2, 0) is 65.0 Å². The van der Waals surface area contributed by atoms with Gasteiger partial charge in [0.15, 0.2) is 5.71 Å². The molecule has 1 aliphatic carbocycles. The second-order valence-corrected chi connectivity index (χ2v) is 23.0. The van der Waals surface area contributed by atoms with E-state index in [4.69, 9.17) is 23.8 Å². The predicted molar refractivity (Wildman–Crippen MR) is 269 cm³/mol. The molecule has 0 saturated carbocycles. The fourth-order valence-electron chi connectivity index (χ4n) is 9.23. The van der Waals surface area contributed by atoms with E-state index in [9.17, 15) is 43.7 Å². The van der Waals surface area contributed by atoms with Crippen molar-refractivity contribution in [3.63, 3.8) is 0 Å². The van der Waals surface area contributed by atoms with Crippen LogP contribution in [0.5, 0.6) is 5.75 Å². The van der Waals surface area contributed by atoms with Gasteiger partial charge >= 0.3 is 0 Å². The second-order valence-electron chi connectivity index (χ2n) is 18.8. The summed E-state index contributed by atoms with van der Waals surface area (Å²) in [5.74, 6) is 0.774. The summed E-state index contributed by atoms with van der Waals surface area (Å²) in [6.45, 7) is 13.5. The number of hydrogen-bond acceptors (Lipinski definition) is 14. The Kier molecular flexibility index (Phi) is 18.0. The number of anilines is 1. The topological polar surface area (TPSA) is 247 Å². The zero-order chi connectivity index (χ0) is 52.8. The maximum atomic E-state index is 12.5. The van der Waals surface area contributed by atoms with Gasteiger partial charge in [0.1, 0.15) is 28.7 Å².